The Morgan fingerprint density at radius 3 is 2.66 bits per heavy atom. The summed E-state index contributed by atoms with van der Waals surface area (Å²) in [6.07, 6.45) is -3.00. The molecule has 2 heterocycles. The summed E-state index contributed by atoms with van der Waals surface area (Å²) in [4.78, 5) is 40.7. The summed E-state index contributed by atoms with van der Waals surface area (Å²) >= 11 is 0. The van der Waals surface area contributed by atoms with Crippen LogP contribution in [0.1, 0.15) is 21.5 Å². The van der Waals surface area contributed by atoms with E-state index in [9.17, 15) is 19.5 Å². The maximum atomic E-state index is 13.0. The quantitative estimate of drug-likeness (QED) is 0.608. The molecule has 1 saturated heterocycles. The number of ether oxygens (including phenoxy) is 1. The summed E-state index contributed by atoms with van der Waals surface area (Å²) in [6, 6.07) is 12.1. The first-order valence-corrected chi connectivity index (χ1v) is 9.98. The van der Waals surface area contributed by atoms with Gasteiger partial charge in [-0.15, -0.1) is 12.4 Å². The van der Waals surface area contributed by atoms with Gasteiger partial charge in [0.25, 0.3) is 17.7 Å². The Morgan fingerprint density at radius 2 is 1.97 bits per heavy atom. The van der Waals surface area contributed by atoms with Gasteiger partial charge in [0.1, 0.15) is 0 Å². The number of hydrogen-bond acceptors (Lipinski definition) is 6. The number of nitrogens with two attached hydrogens (primary N) is 1. The van der Waals surface area contributed by atoms with E-state index in [1.165, 1.54) is 4.90 Å². The van der Waals surface area contributed by atoms with E-state index in [1.54, 1.807) is 54.4 Å². The summed E-state index contributed by atoms with van der Waals surface area (Å²) in [7, 11) is 1.72. The van der Waals surface area contributed by atoms with E-state index >= 15 is 0 Å². The minimum atomic E-state index is -1.67. The average molecular weight is 461 g/mol. The van der Waals surface area contributed by atoms with Crippen molar-refractivity contribution in [3.63, 3.8) is 0 Å². The maximum absolute atomic E-state index is 13.0. The number of rotatable bonds is 5. The van der Waals surface area contributed by atoms with Gasteiger partial charge in [0.2, 0.25) is 0 Å². The van der Waals surface area contributed by atoms with Gasteiger partial charge in [-0.25, -0.2) is 0 Å². The molecule has 2 aromatic rings. The zero-order valence-corrected chi connectivity index (χ0v) is 18.3. The van der Waals surface area contributed by atoms with Crippen molar-refractivity contribution in [1.82, 2.24) is 4.90 Å². The number of amides is 3. The van der Waals surface area contributed by atoms with Crippen molar-refractivity contribution in [3.05, 3.63) is 59.2 Å². The number of aliphatic hydroxyl groups excluding tert-OH is 1. The molecule has 2 aliphatic heterocycles. The van der Waals surface area contributed by atoms with Gasteiger partial charge < -0.3 is 30.7 Å². The summed E-state index contributed by atoms with van der Waals surface area (Å²) in [6.45, 7) is 1.30. The molecule has 170 valence electrons. The van der Waals surface area contributed by atoms with Crippen molar-refractivity contribution in [2.45, 2.75) is 25.3 Å². The van der Waals surface area contributed by atoms with Crippen LogP contribution < -0.4 is 16.0 Å². The first kappa shape index (κ1) is 23.7. The highest BCUT2D eigenvalue weighted by Crippen LogP contribution is 2.28. The van der Waals surface area contributed by atoms with Crippen LogP contribution in [0, 0.1) is 0 Å². The summed E-state index contributed by atoms with van der Waals surface area (Å²) < 4.78 is 5.44. The van der Waals surface area contributed by atoms with Gasteiger partial charge in [-0.1, -0.05) is 12.1 Å². The molecule has 1 fully saturated rings. The monoisotopic (exact) mass is 460 g/mol. The molecule has 4 N–H and O–H groups in total. The molecule has 0 aromatic heterocycles. The molecule has 4 rings (SSSR count). The number of carbonyl (C=O) groups excluding carboxylic acids is 3. The van der Waals surface area contributed by atoms with Crippen molar-refractivity contribution in [2.24, 2.45) is 5.73 Å². The summed E-state index contributed by atoms with van der Waals surface area (Å²) in [5.41, 5.74) is 9.00. The summed E-state index contributed by atoms with van der Waals surface area (Å²) in [5, 5.41) is 13.1. The van der Waals surface area contributed by atoms with E-state index in [-0.39, 0.29) is 31.5 Å². The number of carbonyl (C=O) groups is 3. The fourth-order valence-corrected chi connectivity index (χ4v) is 3.79. The Balaban J connectivity index is 0.00000289. The van der Waals surface area contributed by atoms with Crippen molar-refractivity contribution < 1.29 is 24.2 Å². The van der Waals surface area contributed by atoms with Gasteiger partial charge in [-0.2, -0.15) is 0 Å². The first-order valence-electron chi connectivity index (χ1n) is 9.98. The maximum Gasteiger partial charge on any atom is 0.259 e. The Morgan fingerprint density at radius 1 is 1.25 bits per heavy atom. The van der Waals surface area contributed by atoms with Crippen LogP contribution in [0.25, 0.3) is 0 Å². The second kappa shape index (κ2) is 9.66. The predicted molar refractivity (Wildman–Crippen MR) is 121 cm³/mol. The van der Waals surface area contributed by atoms with Gasteiger partial charge in [0, 0.05) is 43.6 Å². The number of fused-ring (bicyclic) bond motifs is 1. The zero-order chi connectivity index (χ0) is 22.1. The third-order valence-corrected chi connectivity index (χ3v) is 5.52. The molecular formula is C22H25ClN4O5. The van der Waals surface area contributed by atoms with E-state index in [0.29, 0.717) is 30.0 Å². The molecule has 0 bridgehead atoms. The number of anilines is 2. The van der Waals surface area contributed by atoms with E-state index in [2.05, 4.69) is 5.32 Å². The molecule has 0 spiro atoms. The molecule has 3 amide bonds. The fraction of sp³-hybridized carbons (Fsp3) is 0.318. The smallest absolute Gasteiger partial charge is 0.259 e. The lowest BCUT2D eigenvalue weighted by molar-refractivity contribution is -0.150. The third kappa shape index (κ3) is 4.46. The number of nitrogens with one attached hydrogen (secondary N) is 1. The van der Waals surface area contributed by atoms with Crippen LogP contribution in [0.3, 0.4) is 0 Å². The van der Waals surface area contributed by atoms with Crippen LogP contribution in [0.2, 0.25) is 0 Å². The number of morpholine rings is 1. The minimum absolute atomic E-state index is 0. The Kier molecular flexibility index (Phi) is 7.15. The highest BCUT2D eigenvalue weighted by molar-refractivity contribution is 6.04. The van der Waals surface area contributed by atoms with Gasteiger partial charge in [0.15, 0.2) is 12.2 Å². The van der Waals surface area contributed by atoms with Crippen molar-refractivity contribution >= 4 is 41.5 Å². The lowest BCUT2D eigenvalue weighted by atomic mass is 10.1. The van der Waals surface area contributed by atoms with Crippen LogP contribution in [0.4, 0.5) is 11.4 Å². The van der Waals surface area contributed by atoms with Crippen LogP contribution in [0.5, 0.6) is 0 Å². The van der Waals surface area contributed by atoms with E-state index < -0.39 is 24.0 Å². The molecule has 0 radical (unpaired) electrons. The second-order valence-corrected chi connectivity index (χ2v) is 7.62. The number of hydrogen-bond donors (Lipinski definition) is 3. The van der Waals surface area contributed by atoms with Crippen molar-refractivity contribution in [3.8, 4) is 0 Å². The molecule has 0 aliphatic carbocycles. The van der Waals surface area contributed by atoms with Gasteiger partial charge in [-0.05, 0) is 41.5 Å². The molecule has 2 aromatic carbocycles. The Hall–Kier alpha value is -2.98. The molecule has 9 nitrogen and oxygen atoms in total. The molecule has 2 unspecified atom stereocenters. The number of halogens is 1. The standard InChI is InChI=1S/C22H24N4O5.ClH/c1-25-12-14-10-16(6-7-17(14)21(25)29)26-8-9-31-19(22(26)30)18(27)20(28)24-15-4-2-13(11-23)3-5-15;/h2-7,10,18-19,27H,8-9,11-12,23H2,1H3,(H,24,28);1H. The van der Waals surface area contributed by atoms with Crippen LogP contribution in [0.15, 0.2) is 42.5 Å². The van der Waals surface area contributed by atoms with E-state index in [4.69, 9.17) is 10.5 Å². The first-order chi connectivity index (χ1) is 14.9. The summed E-state index contributed by atoms with van der Waals surface area (Å²) in [5.74, 6) is -1.30. The van der Waals surface area contributed by atoms with E-state index in [1.807, 2.05) is 0 Å². The lowest BCUT2D eigenvalue weighted by Crippen LogP contribution is -2.55. The van der Waals surface area contributed by atoms with Crippen LogP contribution >= 0.6 is 12.4 Å². The minimum Gasteiger partial charge on any atom is -0.380 e. The highest BCUT2D eigenvalue weighted by atomic mass is 35.5. The number of nitrogens with zero attached hydrogens (tertiary/aromatic N) is 2. The Labute approximate surface area is 191 Å². The molecular weight excluding hydrogens is 436 g/mol. The molecule has 10 heteroatoms. The molecule has 2 atom stereocenters. The number of benzene rings is 2. The average Bonchev–Trinajstić information content (AvgIpc) is 3.06. The topological polar surface area (TPSA) is 125 Å². The fourth-order valence-electron chi connectivity index (χ4n) is 3.79. The second-order valence-electron chi connectivity index (χ2n) is 7.62. The van der Waals surface area contributed by atoms with Gasteiger partial charge in [0.05, 0.1) is 6.61 Å². The Bertz CT molecular complexity index is 1030. The predicted octanol–water partition coefficient (Wildman–Crippen LogP) is 0.884. The molecule has 32 heavy (non-hydrogen) atoms. The molecule has 0 saturated carbocycles. The third-order valence-electron chi connectivity index (χ3n) is 5.52. The van der Waals surface area contributed by atoms with Gasteiger partial charge in [-0.3, -0.25) is 14.4 Å². The van der Waals surface area contributed by atoms with Crippen LogP contribution in [-0.2, 0) is 27.4 Å². The van der Waals surface area contributed by atoms with Crippen molar-refractivity contribution in [1.29, 1.82) is 0 Å². The largest absolute Gasteiger partial charge is 0.380 e. The number of aliphatic hydroxyl groups is 1. The van der Waals surface area contributed by atoms with Crippen LogP contribution in [-0.4, -0.2) is 60.1 Å². The normalized spacial score (nSPS) is 18.8. The SMILES string of the molecule is CN1Cc2cc(N3CCOC(C(O)C(=O)Nc4ccc(CN)cc4)C3=O)ccc2C1=O.Cl. The molecule has 2 aliphatic rings. The van der Waals surface area contributed by atoms with E-state index in [0.717, 1.165) is 11.1 Å². The van der Waals surface area contributed by atoms with Crippen molar-refractivity contribution in [2.75, 3.05) is 30.4 Å². The highest BCUT2D eigenvalue weighted by Gasteiger charge is 2.39. The lowest BCUT2D eigenvalue weighted by Gasteiger charge is -2.34. The zero-order valence-electron chi connectivity index (χ0n) is 17.5. The van der Waals surface area contributed by atoms with Gasteiger partial charge >= 0.3 is 0 Å².